The summed E-state index contributed by atoms with van der Waals surface area (Å²) in [4.78, 5) is 6.46. The van der Waals surface area contributed by atoms with Crippen LogP contribution in [0.2, 0.25) is 0 Å². The van der Waals surface area contributed by atoms with E-state index in [9.17, 15) is 5.11 Å². The molecule has 1 aliphatic heterocycles. The minimum atomic E-state index is 0.118. The summed E-state index contributed by atoms with van der Waals surface area (Å²) >= 11 is 0. The van der Waals surface area contributed by atoms with Crippen molar-refractivity contribution in [1.82, 2.24) is 10.3 Å². The maximum atomic E-state index is 9.20. The molecule has 1 saturated heterocycles. The van der Waals surface area contributed by atoms with Crippen molar-refractivity contribution >= 4 is 5.82 Å². The third-order valence-corrected chi connectivity index (χ3v) is 3.24. The Kier molecular flexibility index (Phi) is 4.78. The molecule has 1 fully saturated rings. The summed E-state index contributed by atoms with van der Waals surface area (Å²) in [6.07, 6.45) is 4.15. The fourth-order valence-electron chi connectivity index (χ4n) is 2.36. The lowest BCUT2D eigenvalue weighted by atomic mass is 10.2. The van der Waals surface area contributed by atoms with E-state index in [2.05, 4.69) is 15.2 Å². The van der Waals surface area contributed by atoms with Gasteiger partial charge in [0.15, 0.2) is 11.6 Å². The summed E-state index contributed by atoms with van der Waals surface area (Å²) in [5.41, 5.74) is 0. The van der Waals surface area contributed by atoms with Crippen LogP contribution < -0.4 is 15.0 Å². The third-order valence-electron chi connectivity index (χ3n) is 3.24. The summed E-state index contributed by atoms with van der Waals surface area (Å²) in [5, 5.41) is 12.7. The van der Waals surface area contributed by atoms with E-state index in [0.717, 1.165) is 24.7 Å². The molecule has 0 amide bonds. The molecule has 0 bridgehead atoms. The number of methoxy groups -OCH3 is 1. The second-order valence-corrected chi connectivity index (χ2v) is 4.49. The molecule has 5 nitrogen and oxygen atoms in total. The smallest absolute Gasteiger partial charge is 0.171 e. The van der Waals surface area contributed by atoms with Crippen LogP contribution in [0.15, 0.2) is 18.3 Å². The van der Waals surface area contributed by atoms with Crippen LogP contribution in [0.5, 0.6) is 5.75 Å². The van der Waals surface area contributed by atoms with E-state index in [1.807, 2.05) is 12.1 Å². The highest BCUT2D eigenvalue weighted by Crippen LogP contribution is 2.25. The third kappa shape index (κ3) is 3.11. The SMILES string of the molecule is COc1cccnc1N(CCO)CC1CCCN1. The van der Waals surface area contributed by atoms with E-state index < -0.39 is 0 Å². The molecule has 18 heavy (non-hydrogen) atoms. The zero-order valence-corrected chi connectivity index (χ0v) is 10.8. The average Bonchev–Trinajstić information content (AvgIpc) is 2.91. The van der Waals surface area contributed by atoms with Gasteiger partial charge >= 0.3 is 0 Å². The van der Waals surface area contributed by atoms with Crippen LogP contribution in [0.1, 0.15) is 12.8 Å². The minimum absolute atomic E-state index is 0.118. The number of anilines is 1. The predicted octanol–water partition coefficient (Wildman–Crippen LogP) is 0.641. The van der Waals surface area contributed by atoms with Gasteiger partial charge in [-0.3, -0.25) is 0 Å². The highest BCUT2D eigenvalue weighted by molar-refractivity contribution is 5.52. The first-order chi connectivity index (χ1) is 8.85. The number of hydrogen-bond donors (Lipinski definition) is 2. The summed E-state index contributed by atoms with van der Waals surface area (Å²) in [7, 11) is 1.64. The van der Waals surface area contributed by atoms with Gasteiger partial charge in [-0.05, 0) is 31.5 Å². The Morgan fingerprint density at radius 3 is 3.17 bits per heavy atom. The molecule has 0 saturated carbocycles. The molecule has 2 N–H and O–H groups in total. The lowest BCUT2D eigenvalue weighted by Gasteiger charge is -2.27. The van der Waals surface area contributed by atoms with Crippen molar-refractivity contribution in [3.8, 4) is 5.75 Å². The molecule has 5 heteroatoms. The first kappa shape index (κ1) is 13.1. The number of ether oxygens (including phenoxy) is 1. The monoisotopic (exact) mass is 251 g/mol. The zero-order chi connectivity index (χ0) is 12.8. The molecule has 1 atom stereocenters. The standard InChI is InChI=1S/C13H21N3O2/c1-18-12-5-3-7-15-13(12)16(8-9-17)10-11-4-2-6-14-11/h3,5,7,11,14,17H,2,4,6,8-10H2,1H3. The molecule has 0 spiro atoms. The molecule has 0 aliphatic carbocycles. The molecule has 1 aliphatic rings. The zero-order valence-electron chi connectivity index (χ0n) is 10.8. The lowest BCUT2D eigenvalue weighted by Crippen LogP contribution is -2.39. The van der Waals surface area contributed by atoms with Crippen LogP contribution >= 0.6 is 0 Å². The van der Waals surface area contributed by atoms with Gasteiger partial charge < -0.3 is 20.1 Å². The molecule has 2 heterocycles. The Bertz CT molecular complexity index is 367. The van der Waals surface area contributed by atoms with Gasteiger partial charge in [0.2, 0.25) is 0 Å². The van der Waals surface area contributed by atoms with E-state index in [1.165, 1.54) is 12.8 Å². The fraction of sp³-hybridized carbons (Fsp3) is 0.615. The molecule has 0 radical (unpaired) electrons. The second-order valence-electron chi connectivity index (χ2n) is 4.49. The van der Waals surface area contributed by atoms with Crippen molar-refractivity contribution in [2.24, 2.45) is 0 Å². The quantitative estimate of drug-likeness (QED) is 0.777. The summed E-state index contributed by atoms with van der Waals surface area (Å²) in [6.45, 7) is 2.63. The van der Waals surface area contributed by atoms with Crippen LogP contribution in [0, 0.1) is 0 Å². The van der Waals surface area contributed by atoms with Gasteiger partial charge in [0.05, 0.1) is 13.7 Å². The number of aliphatic hydroxyl groups is 1. The summed E-state index contributed by atoms with van der Waals surface area (Å²) < 4.78 is 5.33. The molecular formula is C13H21N3O2. The maximum absolute atomic E-state index is 9.20. The van der Waals surface area contributed by atoms with Gasteiger partial charge in [0.1, 0.15) is 0 Å². The van der Waals surface area contributed by atoms with Crippen molar-refractivity contribution in [2.45, 2.75) is 18.9 Å². The molecule has 0 aromatic carbocycles. The first-order valence-electron chi connectivity index (χ1n) is 6.43. The van der Waals surface area contributed by atoms with Gasteiger partial charge in [0, 0.05) is 25.3 Å². The van der Waals surface area contributed by atoms with Crippen molar-refractivity contribution in [3.63, 3.8) is 0 Å². The number of pyridine rings is 1. The van der Waals surface area contributed by atoms with Crippen molar-refractivity contribution < 1.29 is 9.84 Å². The predicted molar refractivity (Wildman–Crippen MR) is 71.1 cm³/mol. The van der Waals surface area contributed by atoms with Crippen molar-refractivity contribution in [1.29, 1.82) is 0 Å². The Morgan fingerprint density at radius 2 is 2.50 bits per heavy atom. The largest absolute Gasteiger partial charge is 0.493 e. The topological polar surface area (TPSA) is 57.6 Å². The first-order valence-corrected chi connectivity index (χ1v) is 6.43. The normalized spacial score (nSPS) is 18.9. The summed E-state index contributed by atoms with van der Waals surface area (Å²) in [5.74, 6) is 1.56. The van der Waals surface area contributed by atoms with E-state index in [0.29, 0.717) is 12.6 Å². The van der Waals surface area contributed by atoms with Crippen LogP contribution in [0.25, 0.3) is 0 Å². The molecule has 2 rings (SSSR count). The number of aliphatic hydroxyl groups excluding tert-OH is 1. The van der Waals surface area contributed by atoms with Crippen LogP contribution in [-0.4, -0.2) is 49.5 Å². The van der Waals surface area contributed by atoms with Crippen LogP contribution in [0.3, 0.4) is 0 Å². The number of rotatable bonds is 6. The maximum Gasteiger partial charge on any atom is 0.171 e. The van der Waals surface area contributed by atoms with Gasteiger partial charge in [0.25, 0.3) is 0 Å². The van der Waals surface area contributed by atoms with Gasteiger partial charge in [-0.2, -0.15) is 0 Å². The lowest BCUT2D eigenvalue weighted by molar-refractivity contribution is 0.299. The molecule has 1 aromatic rings. The molecule has 1 unspecified atom stereocenters. The van der Waals surface area contributed by atoms with E-state index >= 15 is 0 Å². The number of nitrogens with one attached hydrogen (secondary N) is 1. The second kappa shape index (κ2) is 6.56. The Balaban J connectivity index is 2.11. The highest BCUT2D eigenvalue weighted by atomic mass is 16.5. The van der Waals surface area contributed by atoms with Crippen LogP contribution in [-0.2, 0) is 0 Å². The molecule has 1 aromatic heterocycles. The van der Waals surface area contributed by atoms with Gasteiger partial charge in [-0.15, -0.1) is 0 Å². The minimum Gasteiger partial charge on any atom is -0.493 e. The molecule has 100 valence electrons. The van der Waals surface area contributed by atoms with Gasteiger partial charge in [-0.25, -0.2) is 4.98 Å². The number of hydrogen-bond acceptors (Lipinski definition) is 5. The number of nitrogens with zero attached hydrogens (tertiary/aromatic N) is 2. The van der Waals surface area contributed by atoms with E-state index in [1.54, 1.807) is 13.3 Å². The Labute approximate surface area is 108 Å². The Morgan fingerprint density at radius 1 is 1.61 bits per heavy atom. The number of aromatic nitrogens is 1. The van der Waals surface area contributed by atoms with Crippen molar-refractivity contribution in [2.75, 3.05) is 38.3 Å². The fourth-order valence-corrected chi connectivity index (χ4v) is 2.36. The van der Waals surface area contributed by atoms with E-state index in [-0.39, 0.29) is 6.61 Å². The van der Waals surface area contributed by atoms with Crippen molar-refractivity contribution in [3.05, 3.63) is 18.3 Å². The van der Waals surface area contributed by atoms with Gasteiger partial charge in [-0.1, -0.05) is 0 Å². The average molecular weight is 251 g/mol. The van der Waals surface area contributed by atoms with Crippen LogP contribution in [0.4, 0.5) is 5.82 Å². The Hall–Kier alpha value is -1.33. The molecular weight excluding hydrogens is 230 g/mol. The summed E-state index contributed by atoms with van der Waals surface area (Å²) in [6, 6.07) is 4.23. The van der Waals surface area contributed by atoms with E-state index in [4.69, 9.17) is 4.74 Å². The highest BCUT2D eigenvalue weighted by Gasteiger charge is 2.20.